The number of aliphatic hydroxyl groups is 1. The number of phenols is 1. The minimum Gasteiger partial charge on any atom is -0.507 e. The molecule has 1 saturated carbocycles. The minimum atomic E-state index is -1.18. The summed E-state index contributed by atoms with van der Waals surface area (Å²) < 4.78 is 5.24. The number of aromatic hydroxyl groups is 1. The van der Waals surface area contributed by atoms with Gasteiger partial charge in [0.15, 0.2) is 12.0 Å². The predicted octanol–water partition coefficient (Wildman–Crippen LogP) is 2.01. The third-order valence-corrected chi connectivity index (χ3v) is 5.86. The molecule has 1 aromatic heterocycles. The Labute approximate surface area is 172 Å². The number of phenolic OH excluding ortho intramolecular Hbond substituents is 1. The molecular formula is C22H21N3O5. The van der Waals surface area contributed by atoms with Gasteiger partial charge in [0.05, 0.1) is 0 Å². The maximum Gasteiger partial charge on any atom is 0.254 e. The summed E-state index contributed by atoms with van der Waals surface area (Å²) in [4.78, 5) is 32.5. The molecule has 2 aliphatic rings. The highest BCUT2D eigenvalue weighted by Crippen LogP contribution is 2.37. The van der Waals surface area contributed by atoms with E-state index in [1.807, 2.05) is 12.1 Å². The second-order valence-corrected chi connectivity index (χ2v) is 7.88. The Morgan fingerprint density at radius 2 is 1.73 bits per heavy atom. The van der Waals surface area contributed by atoms with Gasteiger partial charge in [-0.2, -0.15) is 0 Å². The molecule has 2 fully saturated rings. The van der Waals surface area contributed by atoms with Crippen LogP contribution in [0.25, 0.3) is 22.2 Å². The standard InChI is InChI=1S/C22H21N3O5/c26-18-12-15(1-3-16(18)14-2-4-19-17(11-14)23-13-30-19)20(27)24-7-9-25(10-8-24)21(28)22(29)5-6-22/h1-4,11-13,26,29H,5-10H2. The number of carbonyl (C=O) groups excluding carboxylic acids is 2. The van der Waals surface area contributed by atoms with Crippen LogP contribution in [0.15, 0.2) is 47.2 Å². The molecule has 2 N–H and O–H groups in total. The fraction of sp³-hybridized carbons (Fsp3) is 0.318. The fourth-order valence-electron chi connectivity index (χ4n) is 3.86. The zero-order valence-corrected chi connectivity index (χ0v) is 16.2. The Morgan fingerprint density at radius 1 is 1.00 bits per heavy atom. The van der Waals surface area contributed by atoms with E-state index in [0.29, 0.717) is 61.2 Å². The summed E-state index contributed by atoms with van der Waals surface area (Å²) in [5, 5.41) is 20.5. The largest absolute Gasteiger partial charge is 0.507 e. The average Bonchev–Trinajstić information content (AvgIpc) is 3.34. The number of benzene rings is 2. The topological polar surface area (TPSA) is 107 Å². The molecule has 5 rings (SSSR count). The molecule has 0 radical (unpaired) electrons. The Morgan fingerprint density at radius 3 is 2.43 bits per heavy atom. The van der Waals surface area contributed by atoms with Crippen molar-refractivity contribution < 1.29 is 24.2 Å². The molecule has 2 aromatic carbocycles. The van der Waals surface area contributed by atoms with Crippen molar-refractivity contribution in [2.75, 3.05) is 26.2 Å². The second-order valence-electron chi connectivity index (χ2n) is 7.88. The summed E-state index contributed by atoms with van der Waals surface area (Å²) in [5.74, 6) is -0.421. The average molecular weight is 407 g/mol. The first-order valence-corrected chi connectivity index (χ1v) is 9.92. The van der Waals surface area contributed by atoms with Crippen molar-refractivity contribution in [1.29, 1.82) is 0 Å². The summed E-state index contributed by atoms with van der Waals surface area (Å²) in [5.41, 5.74) is 1.94. The van der Waals surface area contributed by atoms with Gasteiger partial charge in [-0.25, -0.2) is 4.98 Å². The van der Waals surface area contributed by atoms with Gasteiger partial charge >= 0.3 is 0 Å². The van der Waals surface area contributed by atoms with Gasteiger partial charge in [0.1, 0.15) is 16.9 Å². The number of aromatic nitrogens is 1. The van der Waals surface area contributed by atoms with Crippen molar-refractivity contribution in [2.24, 2.45) is 0 Å². The van der Waals surface area contributed by atoms with Crippen LogP contribution in [0.4, 0.5) is 0 Å². The summed E-state index contributed by atoms with van der Waals surface area (Å²) >= 11 is 0. The molecule has 0 bridgehead atoms. The molecule has 8 heteroatoms. The summed E-state index contributed by atoms with van der Waals surface area (Å²) in [7, 11) is 0. The number of nitrogens with zero attached hydrogens (tertiary/aromatic N) is 3. The van der Waals surface area contributed by atoms with Gasteiger partial charge in [0.25, 0.3) is 11.8 Å². The maximum atomic E-state index is 12.9. The highest BCUT2D eigenvalue weighted by Gasteiger charge is 2.50. The van der Waals surface area contributed by atoms with E-state index >= 15 is 0 Å². The van der Waals surface area contributed by atoms with E-state index in [-0.39, 0.29) is 17.6 Å². The third-order valence-electron chi connectivity index (χ3n) is 5.86. The summed E-state index contributed by atoms with van der Waals surface area (Å²) in [6, 6.07) is 10.3. The van der Waals surface area contributed by atoms with Crippen molar-refractivity contribution in [3.8, 4) is 16.9 Å². The van der Waals surface area contributed by atoms with Gasteiger partial charge in [0.2, 0.25) is 0 Å². The molecule has 0 spiro atoms. The van der Waals surface area contributed by atoms with Gasteiger partial charge < -0.3 is 24.4 Å². The lowest BCUT2D eigenvalue weighted by Gasteiger charge is -2.35. The van der Waals surface area contributed by atoms with Crippen LogP contribution in [-0.4, -0.2) is 68.6 Å². The number of hydrogen-bond acceptors (Lipinski definition) is 6. The van der Waals surface area contributed by atoms with Gasteiger partial charge in [-0.15, -0.1) is 0 Å². The Kier molecular flexibility index (Phi) is 4.25. The van der Waals surface area contributed by atoms with Crippen LogP contribution in [0, 0.1) is 0 Å². The lowest BCUT2D eigenvalue weighted by molar-refractivity contribution is -0.143. The van der Waals surface area contributed by atoms with Crippen LogP contribution in [0.3, 0.4) is 0 Å². The number of oxazole rings is 1. The van der Waals surface area contributed by atoms with E-state index in [1.54, 1.807) is 28.0 Å². The van der Waals surface area contributed by atoms with Gasteiger partial charge in [-0.05, 0) is 48.7 Å². The second kappa shape index (κ2) is 6.84. The molecule has 0 atom stereocenters. The zero-order chi connectivity index (χ0) is 20.9. The highest BCUT2D eigenvalue weighted by molar-refractivity contribution is 5.96. The normalized spacial score (nSPS) is 17.9. The predicted molar refractivity (Wildman–Crippen MR) is 108 cm³/mol. The summed E-state index contributed by atoms with van der Waals surface area (Å²) in [6.07, 6.45) is 2.40. The van der Waals surface area contributed by atoms with Crippen LogP contribution < -0.4 is 0 Å². The highest BCUT2D eigenvalue weighted by atomic mass is 16.3. The molecule has 8 nitrogen and oxygen atoms in total. The van der Waals surface area contributed by atoms with Crippen molar-refractivity contribution in [3.05, 3.63) is 48.4 Å². The maximum absolute atomic E-state index is 12.9. The van der Waals surface area contributed by atoms with Crippen LogP contribution in [0.2, 0.25) is 0 Å². The monoisotopic (exact) mass is 407 g/mol. The first-order chi connectivity index (χ1) is 14.4. The quantitative estimate of drug-likeness (QED) is 0.688. The van der Waals surface area contributed by atoms with Gasteiger partial charge in [-0.1, -0.05) is 6.07 Å². The van der Waals surface area contributed by atoms with Crippen molar-refractivity contribution >= 4 is 22.9 Å². The van der Waals surface area contributed by atoms with E-state index in [1.165, 1.54) is 12.5 Å². The molecule has 2 heterocycles. The van der Waals surface area contributed by atoms with Crippen molar-refractivity contribution in [2.45, 2.75) is 18.4 Å². The zero-order valence-electron chi connectivity index (χ0n) is 16.2. The molecule has 0 unspecified atom stereocenters. The minimum absolute atomic E-state index is 0.00784. The van der Waals surface area contributed by atoms with E-state index in [9.17, 15) is 19.8 Å². The number of carbonyl (C=O) groups is 2. The first-order valence-electron chi connectivity index (χ1n) is 9.92. The Hall–Kier alpha value is -3.39. The Bertz CT molecular complexity index is 1140. The number of hydrogen-bond donors (Lipinski definition) is 2. The molecule has 1 aliphatic carbocycles. The smallest absolute Gasteiger partial charge is 0.254 e. The van der Waals surface area contributed by atoms with Crippen LogP contribution >= 0.6 is 0 Å². The van der Waals surface area contributed by atoms with E-state index in [2.05, 4.69) is 4.98 Å². The first kappa shape index (κ1) is 18.6. The van der Waals surface area contributed by atoms with Crippen molar-refractivity contribution in [1.82, 2.24) is 14.8 Å². The lowest BCUT2D eigenvalue weighted by Crippen LogP contribution is -2.53. The van der Waals surface area contributed by atoms with E-state index < -0.39 is 5.60 Å². The number of amides is 2. The molecular weight excluding hydrogens is 386 g/mol. The van der Waals surface area contributed by atoms with Crippen LogP contribution in [-0.2, 0) is 4.79 Å². The fourth-order valence-corrected chi connectivity index (χ4v) is 3.86. The molecule has 30 heavy (non-hydrogen) atoms. The van der Waals surface area contributed by atoms with Crippen LogP contribution in [0.1, 0.15) is 23.2 Å². The SMILES string of the molecule is O=C(c1ccc(-c2ccc3ocnc3c2)c(O)c1)N1CCN(C(=O)C2(O)CC2)CC1. The number of rotatable bonds is 3. The van der Waals surface area contributed by atoms with Crippen LogP contribution in [0.5, 0.6) is 5.75 Å². The number of fused-ring (bicyclic) bond motifs is 1. The lowest BCUT2D eigenvalue weighted by atomic mass is 10.0. The molecule has 1 saturated heterocycles. The summed E-state index contributed by atoms with van der Waals surface area (Å²) in [6.45, 7) is 1.58. The Balaban J connectivity index is 1.29. The molecule has 1 aliphatic heterocycles. The van der Waals surface area contributed by atoms with E-state index in [4.69, 9.17) is 4.42 Å². The molecule has 3 aromatic rings. The van der Waals surface area contributed by atoms with E-state index in [0.717, 1.165) is 5.56 Å². The number of piperazine rings is 1. The van der Waals surface area contributed by atoms with Crippen molar-refractivity contribution in [3.63, 3.8) is 0 Å². The molecule has 2 amide bonds. The van der Waals surface area contributed by atoms with Gasteiger partial charge in [0, 0.05) is 37.3 Å². The molecule has 154 valence electrons. The van der Waals surface area contributed by atoms with Gasteiger partial charge in [-0.3, -0.25) is 9.59 Å². The third kappa shape index (κ3) is 3.19.